The molecule has 0 amide bonds. The Kier molecular flexibility index (Phi) is 4.40. The van der Waals surface area contributed by atoms with Crippen LogP contribution in [0.3, 0.4) is 0 Å². The molecule has 0 unspecified atom stereocenters. The molecule has 0 heterocycles. The summed E-state index contributed by atoms with van der Waals surface area (Å²) in [5, 5.41) is 0. The van der Waals surface area contributed by atoms with Crippen molar-refractivity contribution in [2.45, 2.75) is 0 Å². The zero-order valence-electron chi connectivity index (χ0n) is 5.45. The number of nitrogens with zero attached hydrogens (tertiary/aromatic N) is 2. The molecular formula is C6H10N2O. The Morgan fingerprint density at radius 3 is 2.89 bits per heavy atom. The van der Waals surface area contributed by atoms with E-state index in [0.717, 1.165) is 6.29 Å². The first kappa shape index (κ1) is 7.88. The predicted octanol–water partition coefficient (Wildman–Crippen LogP) is 0.289. The molecule has 0 bridgehead atoms. The van der Waals surface area contributed by atoms with Crippen LogP contribution < -0.4 is 0 Å². The summed E-state index contributed by atoms with van der Waals surface area (Å²) < 4.78 is 0. The molecule has 0 saturated carbocycles. The van der Waals surface area contributed by atoms with Crippen LogP contribution in [0.25, 0.3) is 0 Å². The molecule has 0 atom stereocenters. The second-order valence-corrected chi connectivity index (χ2v) is 1.59. The highest BCUT2D eigenvalue weighted by Gasteiger charge is 1.83. The van der Waals surface area contributed by atoms with Crippen molar-refractivity contribution in [1.29, 1.82) is 0 Å². The van der Waals surface area contributed by atoms with Crippen molar-refractivity contribution in [3.63, 3.8) is 0 Å². The lowest BCUT2D eigenvalue weighted by molar-refractivity contribution is -0.108. The molecule has 0 aliphatic heterocycles. The van der Waals surface area contributed by atoms with E-state index < -0.39 is 0 Å². The molecule has 0 aromatic carbocycles. The number of hydrogen-bond donors (Lipinski definition) is 0. The molecule has 0 fully saturated rings. The molecule has 0 aliphatic rings. The zero-order chi connectivity index (χ0) is 7.11. The second-order valence-electron chi connectivity index (χ2n) is 1.59. The van der Waals surface area contributed by atoms with Crippen molar-refractivity contribution in [2.75, 3.05) is 13.6 Å². The molecule has 0 N–H and O–H groups in total. The Labute approximate surface area is 54.7 Å². The Bertz CT molecular complexity index is 120. The Morgan fingerprint density at radius 1 is 1.78 bits per heavy atom. The largest absolute Gasteiger partial charge is 0.372 e. The van der Waals surface area contributed by atoms with Crippen LogP contribution >= 0.6 is 0 Å². The van der Waals surface area contributed by atoms with Crippen LogP contribution in [0.1, 0.15) is 0 Å². The minimum Gasteiger partial charge on any atom is -0.372 e. The third-order valence-electron chi connectivity index (χ3n) is 0.789. The van der Waals surface area contributed by atoms with Crippen molar-refractivity contribution >= 4 is 13.0 Å². The van der Waals surface area contributed by atoms with E-state index >= 15 is 0 Å². The van der Waals surface area contributed by atoms with E-state index in [0.29, 0.717) is 6.54 Å². The van der Waals surface area contributed by atoms with Crippen LogP contribution in [0.5, 0.6) is 0 Å². The molecule has 0 saturated heterocycles. The first-order chi connectivity index (χ1) is 4.31. The van der Waals surface area contributed by atoms with Crippen LogP contribution in [0.15, 0.2) is 17.4 Å². The zero-order valence-corrected chi connectivity index (χ0v) is 5.45. The molecule has 0 aliphatic carbocycles. The second kappa shape index (κ2) is 5.03. The lowest BCUT2D eigenvalue weighted by atomic mass is 10.6. The van der Waals surface area contributed by atoms with E-state index in [9.17, 15) is 4.79 Å². The summed E-state index contributed by atoms with van der Waals surface area (Å²) >= 11 is 0. The van der Waals surface area contributed by atoms with E-state index in [1.54, 1.807) is 18.1 Å². The number of hydrogen-bond acceptors (Lipinski definition) is 3. The highest BCUT2D eigenvalue weighted by molar-refractivity contribution is 5.52. The van der Waals surface area contributed by atoms with Gasteiger partial charge in [0.15, 0.2) is 0 Å². The van der Waals surface area contributed by atoms with Gasteiger partial charge in [0.1, 0.15) is 6.29 Å². The first-order valence-electron chi connectivity index (χ1n) is 2.57. The van der Waals surface area contributed by atoms with E-state index in [2.05, 4.69) is 11.7 Å². The third-order valence-corrected chi connectivity index (χ3v) is 0.789. The number of rotatable bonds is 4. The number of carbonyl (C=O) groups is 1. The Hall–Kier alpha value is -1.12. The molecule has 3 heteroatoms. The minimum atomic E-state index is 0.395. The van der Waals surface area contributed by atoms with Crippen molar-refractivity contribution in [3.8, 4) is 0 Å². The highest BCUT2D eigenvalue weighted by Crippen LogP contribution is 1.80. The molecule has 0 spiro atoms. The predicted molar refractivity (Wildman–Crippen MR) is 37.4 cm³/mol. The van der Waals surface area contributed by atoms with Crippen molar-refractivity contribution < 1.29 is 4.79 Å². The monoisotopic (exact) mass is 126 g/mol. The molecular weight excluding hydrogens is 116 g/mol. The fraction of sp³-hybridized carbons (Fsp3) is 0.333. The van der Waals surface area contributed by atoms with Gasteiger partial charge >= 0.3 is 0 Å². The average molecular weight is 126 g/mol. The smallest absolute Gasteiger partial charge is 0.139 e. The molecule has 9 heavy (non-hydrogen) atoms. The standard InChI is InChI=1S/C6H10N2O/c1-7-3-4-8(2)5-6-9/h3-4,6H,1,5H2,2H3/b4-3-. The highest BCUT2D eigenvalue weighted by atomic mass is 16.1. The first-order valence-corrected chi connectivity index (χ1v) is 2.57. The SMILES string of the molecule is C=N/C=C\N(C)CC=O. The van der Waals surface area contributed by atoms with Crippen LogP contribution in [0, 0.1) is 0 Å². The van der Waals surface area contributed by atoms with Gasteiger partial charge in [0.05, 0.1) is 6.54 Å². The van der Waals surface area contributed by atoms with Gasteiger partial charge in [-0.3, -0.25) is 4.99 Å². The summed E-state index contributed by atoms with van der Waals surface area (Å²) in [6, 6.07) is 0. The maximum absolute atomic E-state index is 9.86. The molecule has 0 rings (SSSR count). The van der Waals surface area contributed by atoms with Crippen LogP contribution in [0.4, 0.5) is 0 Å². The van der Waals surface area contributed by atoms with Gasteiger partial charge < -0.3 is 9.69 Å². The summed E-state index contributed by atoms with van der Waals surface area (Å²) in [5.41, 5.74) is 0. The summed E-state index contributed by atoms with van der Waals surface area (Å²) in [5.74, 6) is 0. The van der Waals surface area contributed by atoms with Gasteiger partial charge in [-0.05, 0) is 6.72 Å². The molecule has 3 nitrogen and oxygen atoms in total. The molecule has 50 valence electrons. The van der Waals surface area contributed by atoms with Crippen LogP contribution in [-0.2, 0) is 4.79 Å². The Morgan fingerprint density at radius 2 is 2.44 bits per heavy atom. The van der Waals surface area contributed by atoms with Gasteiger partial charge in [-0.25, -0.2) is 0 Å². The minimum absolute atomic E-state index is 0.395. The number of aliphatic imine (C=N–C) groups is 1. The summed E-state index contributed by atoms with van der Waals surface area (Å²) in [6.07, 6.45) is 4.04. The fourth-order valence-electron chi connectivity index (χ4n) is 0.339. The van der Waals surface area contributed by atoms with Crippen LogP contribution in [-0.4, -0.2) is 31.5 Å². The number of aldehydes is 1. The average Bonchev–Trinajstić information content (AvgIpc) is 1.85. The quantitative estimate of drug-likeness (QED) is 0.400. The van der Waals surface area contributed by atoms with Crippen molar-refractivity contribution in [3.05, 3.63) is 12.4 Å². The lowest BCUT2D eigenvalue weighted by Crippen LogP contribution is -2.12. The maximum atomic E-state index is 9.86. The summed E-state index contributed by atoms with van der Waals surface area (Å²) in [6.45, 7) is 3.64. The maximum Gasteiger partial charge on any atom is 0.139 e. The van der Waals surface area contributed by atoms with E-state index in [1.807, 2.05) is 0 Å². The number of likely N-dealkylation sites (N-methyl/N-ethyl adjacent to an activating group) is 1. The van der Waals surface area contributed by atoms with Crippen molar-refractivity contribution in [2.24, 2.45) is 4.99 Å². The normalized spacial score (nSPS) is 9.44. The van der Waals surface area contributed by atoms with Gasteiger partial charge in [-0.15, -0.1) is 0 Å². The van der Waals surface area contributed by atoms with Crippen LogP contribution in [0.2, 0.25) is 0 Å². The van der Waals surface area contributed by atoms with Gasteiger partial charge in [0.25, 0.3) is 0 Å². The van der Waals surface area contributed by atoms with Gasteiger partial charge in [0, 0.05) is 19.4 Å². The fourth-order valence-corrected chi connectivity index (χ4v) is 0.339. The third kappa shape index (κ3) is 4.74. The lowest BCUT2D eigenvalue weighted by Gasteiger charge is -2.06. The van der Waals surface area contributed by atoms with Crippen molar-refractivity contribution in [1.82, 2.24) is 4.90 Å². The molecule has 0 aromatic heterocycles. The van der Waals surface area contributed by atoms with Gasteiger partial charge in [-0.2, -0.15) is 0 Å². The van der Waals surface area contributed by atoms with E-state index in [4.69, 9.17) is 0 Å². The topological polar surface area (TPSA) is 32.7 Å². The molecule has 0 aromatic rings. The Balaban J connectivity index is 3.47. The molecule has 0 radical (unpaired) electrons. The van der Waals surface area contributed by atoms with E-state index in [-0.39, 0.29) is 0 Å². The van der Waals surface area contributed by atoms with E-state index in [1.165, 1.54) is 6.20 Å². The van der Waals surface area contributed by atoms with Gasteiger partial charge in [-0.1, -0.05) is 0 Å². The summed E-state index contributed by atoms with van der Waals surface area (Å²) in [4.78, 5) is 15.0. The van der Waals surface area contributed by atoms with Gasteiger partial charge in [0.2, 0.25) is 0 Å². The summed E-state index contributed by atoms with van der Waals surface area (Å²) in [7, 11) is 1.79. The number of carbonyl (C=O) groups excluding carboxylic acids is 1.